The fraction of sp³-hybridized carbons (Fsp3) is 0. The Hall–Kier alpha value is -18.8. The van der Waals surface area contributed by atoms with Crippen molar-refractivity contribution >= 4 is 164 Å². The molecule has 12 heteroatoms. The van der Waals surface area contributed by atoms with Gasteiger partial charge in [-0.15, -0.1) is 0 Å². The summed E-state index contributed by atoms with van der Waals surface area (Å²) in [6.45, 7) is 0. The molecule has 0 bridgehead atoms. The monoisotopic (exact) mass is 1760 g/mol. The maximum absolute atomic E-state index is 5.29. The maximum Gasteiger partial charge on any atom is 0.165 e. The minimum absolute atomic E-state index is 0.827. The minimum atomic E-state index is 0.827. The first-order chi connectivity index (χ1) is 68.5. The van der Waals surface area contributed by atoms with E-state index in [0.717, 1.165) is 146 Å². The molecule has 0 N–H and O–H groups in total. The molecule has 0 saturated carbocycles. The molecule has 0 aliphatic rings. The summed E-state index contributed by atoms with van der Waals surface area (Å²) in [5, 5.41) is 14.8. The van der Waals surface area contributed by atoms with Crippen LogP contribution in [0.15, 0.2) is 485 Å². The molecule has 20 aromatic carbocycles. The highest BCUT2D eigenvalue weighted by molar-refractivity contribution is 6.23. The Balaban J connectivity index is 0.000000105. The molecule has 0 amide bonds. The zero-order valence-corrected chi connectivity index (χ0v) is 74.6. The molecule has 0 unspecified atom stereocenters. The van der Waals surface area contributed by atoms with Crippen molar-refractivity contribution in [3.05, 3.63) is 485 Å². The van der Waals surface area contributed by atoms with E-state index in [4.69, 9.17) is 29.9 Å². The third kappa shape index (κ3) is 13.1. The van der Waals surface area contributed by atoms with E-state index in [1.54, 1.807) is 0 Å². The zero-order chi connectivity index (χ0) is 90.8. The van der Waals surface area contributed by atoms with Crippen LogP contribution in [0.2, 0.25) is 0 Å². The van der Waals surface area contributed by atoms with Crippen molar-refractivity contribution in [2.75, 3.05) is 0 Å². The Morgan fingerprint density at radius 1 is 0.116 bits per heavy atom. The van der Waals surface area contributed by atoms with Crippen molar-refractivity contribution in [3.63, 3.8) is 0 Å². The summed E-state index contributed by atoms with van der Waals surface area (Å²) in [5.41, 5.74) is 34.5. The Labute approximate surface area is 791 Å². The number of hydrogen-bond acceptors (Lipinski definition) is 6. The van der Waals surface area contributed by atoms with Gasteiger partial charge in [0.05, 0.1) is 122 Å². The third-order valence-corrected chi connectivity index (χ3v) is 27.3. The summed E-state index contributed by atoms with van der Waals surface area (Å²) in [5.74, 6) is 0.827. The summed E-state index contributed by atoms with van der Waals surface area (Å²) in [6.07, 6.45) is 0. The van der Waals surface area contributed by atoms with Crippen LogP contribution >= 0.6 is 0 Å². The molecular formula is C126H80N12. The lowest BCUT2D eigenvalue weighted by molar-refractivity contribution is 1.08. The molecule has 0 atom stereocenters. The fourth-order valence-corrected chi connectivity index (χ4v) is 21.1. The minimum Gasteiger partial charge on any atom is -0.309 e. The average molecular weight is 1760 g/mol. The Morgan fingerprint density at radius 2 is 0.326 bits per heavy atom. The van der Waals surface area contributed by atoms with Gasteiger partial charge in [0, 0.05) is 121 Å². The lowest BCUT2D eigenvalue weighted by Crippen LogP contribution is -2.03. The van der Waals surface area contributed by atoms with E-state index in [-0.39, 0.29) is 0 Å². The highest BCUT2D eigenvalue weighted by Crippen LogP contribution is 2.47. The third-order valence-electron chi connectivity index (χ3n) is 27.3. The molecule has 0 spiro atoms. The van der Waals surface area contributed by atoms with E-state index in [0.29, 0.717) is 0 Å². The van der Waals surface area contributed by atoms with Gasteiger partial charge in [0.1, 0.15) is 5.69 Å². The van der Waals surface area contributed by atoms with E-state index in [1.807, 2.05) is 91.0 Å². The van der Waals surface area contributed by atoms with Gasteiger partial charge in [-0.2, -0.15) is 0 Å². The standard InChI is InChI=1S/2C44H28N4.C38H24N4/c1-3-14-29(15-4-1)43-44(46-38-23-10-9-22-37(38)45-43)30-16-13-19-32(26-30)48-40-25-12-8-21-34(40)36-27-35-33-20-7-11-24-39(33)47(41(35)28-42(36)48)31-17-5-2-6-18-31;1-3-13-29(14-4-1)43-44(46-38-20-10-9-19-37(38)45-43)30-23-25-32(26-24-30)48-40-22-12-8-18-34(40)36-27-35-33-17-7-11-21-39(33)47(41(35)28-42(36)48)31-15-5-2-6-16-31;1-3-13-25(14-4-1)37-38(40-32-20-10-9-19-31(32)39-37)42-34-22-12-8-18-28(34)30-23-29-27-17-7-11-21-33(27)41(35(29)24-36(30)42)26-15-5-2-6-16-26/h2*1-28H;1-24H. The van der Waals surface area contributed by atoms with Crippen LogP contribution in [0.3, 0.4) is 0 Å². The number of nitrogens with zero attached hydrogens (tertiary/aromatic N) is 12. The summed E-state index contributed by atoms with van der Waals surface area (Å²) in [7, 11) is 0. The molecule has 12 nitrogen and oxygen atoms in total. The van der Waals surface area contributed by atoms with Crippen LogP contribution in [0.25, 0.3) is 254 Å². The summed E-state index contributed by atoms with van der Waals surface area (Å²) >= 11 is 0. The van der Waals surface area contributed by atoms with E-state index in [2.05, 4.69) is 422 Å². The number of fused-ring (bicyclic) bond motifs is 21. The number of rotatable bonds is 11. The van der Waals surface area contributed by atoms with E-state index in [9.17, 15) is 0 Å². The molecule has 29 rings (SSSR count). The topological polar surface area (TPSA) is 107 Å². The molecular weight excluding hydrogens is 1680 g/mol. The Kier molecular flexibility index (Phi) is 18.7. The van der Waals surface area contributed by atoms with Crippen molar-refractivity contribution in [2.24, 2.45) is 0 Å². The predicted octanol–water partition coefficient (Wildman–Crippen LogP) is 31.8. The highest BCUT2D eigenvalue weighted by atomic mass is 15.1. The molecule has 29 aromatic rings. The number of para-hydroxylation sites is 15. The van der Waals surface area contributed by atoms with Crippen LogP contribution in [-0.2, 0) is 0 Å². The quantitative estimate of drug-likeness (QED) is 0.128. The van der Waals surface area contributed by atoms with Crippen LogP contribution in [0.1, 0.15) is 0 Å². The van der Waals surface area contributed by atoms with Gasteiger partial charge in [-0.25, -0.2) is 29.9 Å². The first-order valence-corrected chi connectivity index (χ1v) is 46.7. The van der Waals surface area contributed by atoms with Gasteiger partial charge in [0.15, 0.2) is 5.82 Å². The molecule has 138 heavy (non-hydrogen) atoms. The normalized spacial score (nSPS) is 11.8. The van der Waals surface area contributed by atoms with Crippen molar-refractivity contribution in [1.82, 2.24) is 57.3 Å². The molecule has 0 saturated heterocycles. The van der Waals surface area contributed by atoms with Crippen molar-refractivity contribution < 1.29 is 0 Å². The maximum atomic E-state index is 5.29. The van der Waals surface area contributed by atoms with Gasteiger partial charge in [-0.3, -0.25) is 4.57 Å². The molecule has 9 heterocycles. The predicted molar refractivity (Wildman–Crippen MR) is 572 cm³/mol. The lowest BCUT2D eigenvalue weighted by atomic mass is 10.0. The smallest absolute Gasteiger partial charge is 0.165 e. The summed E-state index contributed by atoms with van der Waals surface area (Å²) < 4.78 is 14.2. The largest absolute Gasteiger partial charge is 0.309 e. The first kappa shape index (κ1) is 79.0. The Bertz CT molecular complexity index is 9870. The molecule has 0 radical (unpaired) electrons. The average Bonchev–Trinajstić information content (AvgIpc) is 1.56. The number of benzene rings is 20. The van der Waals surface area contributed by atoms with Crippen LogP contribution in [0, 0.1) is 0 Å². The molecule has 9 aromatic heterocycles. The number of hydrogen-bond donors (Lipinski definition) is 0. The first-order valence-electron chi connectivity index (χ1n) is 46.7. The molecule has 0 aliphatic heterocycles. The van der Waals surface area contributed by atoms with Crippen LogP contribution in [-0.4, -0.2) is 57.3 Å². The van der Waals surface area contributed by atoms with E-state index < -0.39 is 0 Å². The SMILES string of the molecule is c1ccc(-c2nc3ccccc3nc2-c2ccc(-n3c4ccccc4c4cc5c6ccccc6n(-c6ccccc6)c5cc43)cc2)cc1.c1ccc(-c2nc3ccccc3nc2-c2cccc(-n3c4ccccc4c4cc5c6ccccc6n(-c6ccccc6)c5cc43)c2)cc1.c1ccc(-c2nc3ccccc3nc2-n2c3ccccc3c3cc4c5ccccc5n(-c5ccccc5)c4cc32)cc1. The van der Waals surface area contributed by atoms with Crippen molar-refractivity contribution in [1.29, 1.82) is 0 Å². The van der Waals surface area contributed by atoms with Crippen molar-refractivity contribution in [2.45, 2.75) is 0 Å². The van der Waals surface area contributed by atoms with Gasteiger partial charge in [0.2, 0.25) is 0 Å². The second kappa shape index (κ2) is 32.6. The van der Waals surface area contributed by atoms with Crippen LogP contribution in [0.4, 0.5) is 0 Å². The summed E-state index contributed by atoms with van der Waals surface area (Å²) in [4.78, 5) is 31.0. The van der Waals surface area contributed by atoms with E-state index in [1.165, 1.54) is 109 Å². The van der Waals surface area contributed by atoms with Gasteiger partial charge < -0.3 is 22.8 Å². The van der Waals surface area contributed by atoms with Crippen molar-refractivity contribution in [3.8, 4) is 90.5 Å². The van der Waals surface area contributed by atoms with Crippen LogP contribution < -0.4 is 0 Å². The second-order valence-corrected chi connectivity index (χ2v) is 35.2. The van der Waals surface area contributed by atoms with E-state index >= 15 is 0 Å². The van der Waals surface area contributed by atoms with Gasteiger partial charge in [-0.1, -0.05) is 315 Å². The molecule has 0 aliphatic carbocycles. The highest BCUT2D eigenvalue weighted by Gasteiger charge is 2.27. The number of aromatic nitrogens is 12. The summed E-state index contributed by atoms with van der Waals surface area (Å²) in [6, 6.07) is 171. The Morgan fingerprint density at radius 3 is 0.645 bits per heavy atom. The molecule has 0 fully saturated rings. The van der Waals surface area contributed by atoms with Gasteiger partial charge in [0.25, 0.3) is 0 Å². The second-order valence-electron chi connectivity index (χ2n) is 35.2. The zero-order valence-electron chi connectivity index (χ0n) is 74.6. The lowest BCUT2D eigenvalue weighted by Gasteiger charge is -2.14. The molecule has 644 valence electrons. The fourth-order valence-electron chi connectivity index (χ4n) is 21.1. The van der Waals surface area contributed by atoms with Gasteiger partial charge in [-0.05, 0) is 170 Å². The van der Waals surface area contributed by atoms with Gasteiger partial charge >= 0.3 is 0 Å². The van der Waals surface area contributed by atoms with Crippen LogP contribution in [0.5, 0.6) is 0 Å².